The third kappa shape index (κ3) is 3.24. The van der Waals surface area contributed by atoms with Crippen molar-refractivity contribution in [2.75, 3.05) is 13.7 Å². The van der Waals surface area contributed by atoms with Gasteiger partial charge in [-0.1, -0.05) is 23.7 Å². The molecule has 0 amide bonds. The van der Waals surface area contributed by atoms with Gasteiger partial charge < -0.3 is 14.0 Å². The topological polar surface area (TPSA) is 36.3 Å². The summed E-state index contributed by atoms with van der Waals surface area (Å²) in [6, 6.07) is 15.4. The van der Waals surface area contributed by atoms with Crippen LogP contribution in [0, 0.1) is 0 Å². The van der Waals surface area contributed by atoms with Gasteiger partial charge in [0.2, 0.25) is 0 Å². The molecule has 1 aromatic heterocycles. The maximum absolute atomic E-state index is 5.88. The van der Waals surface area contributed by atoms with Crippen molar-refractivity contribution in [3.05, 3.63) is 59.4 Å². The first-order valence-corrected chi connectivity index (χ1v) is 7.47. The highest BCUT2D eigenvalue weighted by molar-refractivity contribution is 6.30. The van der Waals surface area contributed by atoms with Gasteiger partial charge in [-0.2, -0.15) is 0 Å². The molecule has 0 aliphatic heterocycles. The Balaban J connectivity index is 1.83. The molecule has 0 atom stereocenters. The molecule has 0 aliphatic rings. The van der Waals surface area contributed by atoms with Gasteiger partial charge in [-0.3, -0.25) is 0 Å². The van der Waals surface area contributed by atoms with E-state index in [0.29, 0.717) is 18.2 Å². The number of halogens is 1. The zero-order valence-corrected chi connectivity index (χ0v) is 13.1. The minimum Gasteiger partial charge on any atom is -0.486 e. The first-order valence-electron chi connectivity index (χ1n) is 7.09. The highest BCUT2D eigenvalue weighted by Crippen LogP contribution is 2.19. The first kappa shape index (κ1) is 14.9. The minimum absolute atomic E-state index is 0.403. The molecule has 1 heterocycles. The number of para-hydroxylation sites is 2. The molecular weight excluding hydrogens is 300 g/mol. The number of benzene rings is 2. The van der Waals surface area contributed by atoms with Crippen molar-refractivity contribution in [3.8, 4) is 5.75 Å². The largest absolute Gasteiger partial charge is 0.486 e. The van der Waals surface area contributed by atoms with Gasteiger partial charge in [-0.05, 0) is 36.4 Å². The lowest BCUT2D eigenvalue weighted by molar-refractivity contribution is 0.185. The number of rotatable bonds is 6. The summed E-state index contributed by atoms with van der Waals surface area (Å²) in [5, 5.41) is 0.694. The van der Waals surface area contributed by atoms with Crippen LogP contribution in [0.4, 0.5) is 0 Å². The average molecular weight is 317 g/mol. The summed E-state index contributed by atoms with van der Waals surface area (Å²) in [7, 11) is 1.70. The van der Waals surface area contributed by atoms with Gasteiger partial charge in [0.1, 0.15) is 18.2 Å². The van der Waals surface area contributed by atoms with Crippen molar-refractivity contribution in [1.82, 2.24) is 9.55 Å². The van der Waals surface area contributed by atoms with E-state index in [2.05, 4.69) is 15.6 Å². The van der Waals surface area contributed by atoms with Gasteiger partial charge in [-0.25, -0.2) is 4.98 Å². The molecule has 5 heteroatoms. The van der Waals surface area contributed by atoms with Crippen LogP contribution in [0.15, 0.2) is 48.5 Å². The monoisotopic (exact) mass is 316 g/mol. The zero-order chi connectivity index (χ0) is 15.4. The maximum atomic E-state index is 5.88. The molecule has 114 valence electrons. The van der Waals surface area contributed by atoms with E-state index in [1.165, 1.54) is 0 Å². The van der Waals surface area contributed by atoms with Crippen molar-refractivity contribution in [1.29, 1.82) is 0 Å². The molecule has 3 aromatic rings. The molecule has 2 aromatic carbocycles. The van der Waals surface area contributed by atoms with Crippen LogP contribution >= 0.6 is 11.6 Å². The number of methoxy groups -OCH3 is 1. The molecular formula is C17H17ClN2O2. The van der Waals surface area contributed by atoms with Crippen LogP contribution in [0.3, 0.4) is 0 Å². The van der Waals surface area contributed by atoms with Gasteiger partial charge in [0, 0.05) is 18.7 Å². The second-order valence-corrected chi connectivity index (χ2v) is 5.34. The Bertz CT molecular complexity index is 753. The SMILES string of the molecule is COCCn1c(COc2ccc(Cl)cc2)nc2ccccc21. The molecule has 0 N–H and O–H groups in total. The van der Waals surface area contributed by atoms with Gasteiger partial charge in [0.05, 0.1) is 17.6 Å². The van der Waals surface area contributed by atoms with E-state index in [0.717, 1.165) is 29.2 Å². The third-order valence-corrected chi connectivity index (χ3v) is 3.69. The average Bonchev–Trinajstić information content (AvgIpc) is 2.90. The summed E-state index contributed by atoms with van der Waals surface area (Å²) in [6.07, 6.45) is 0. The molecule has 0 bridgehead atoms. The quantitative estimate of drug-likeness (QED) is 0.691. The van der Waals surface area contributed by atoms with Crippen LogP contribution in [-0.2, 0) is 17.9 Å². The van der Waals surface area contributed by atoms with Crippen molar-refractivity contribution in [3.63, 3.8) is 0 Å². The Kier molecular flexibility index (Phi) is 4.61. The van der Waals surface area contributed by atoms with Crippen molar-refractivity contribution in [2.24, 2.45) is 0 Å². The van der Waals surface area contributed by atoms with E-state index in [1.807, 2.05) is 42.5 Å². The zero-order valence-electron chi connectivity index (χ0n) is 12.3. The number of imidazole rings is 1. The van der Waals surface area contributed by atoms with Crippen molar-refractivity contribution >= 4 is 22.6 Å². The lowest BCUT2D eigenvalue weighted by Gasteiger charge is -2.10. The molecule has 0 spiro atoms. The molecule has 22 heavy (non-hydrogen) atoms. The molecule has 4 nitrogen and oxygen atoms in total. The molecule has 0 saturated carbocycles. The third-order valence-electron chi connectivity index (χ3n) is 3.43. The molecule has 0 fully saturated rings. The van der Waals surface area contributed by atoms with Gasteiger partial charge >= 0.3 is 0 Å². The Morgan fingerprint density at radius 2 is 1.86 bits per heavy atom. The lowest BCUT2D eigenvalue weighted by Crippen LogP contribution is -2.10. The van der Waals surface area contributed by atoms with E-state index in [1.54, 1.807) is 7.11 Å². The Labute approximate surface area is 134 Å². The van der Waals surface area contributed by atoms with Crippen molar-refractivity contribution in [2.45, 2.75) is 13.2 Å². The van der Waals surface area contributed by atoms with E-state index in [-0.39, 0.29) is 0 Å². The van der Waals surface area contributed by atoms with Crippen molar-refractivity contribution < 1.29 is 9.47 Å². The van der Waals surface area contributed by atoms with Crippen LogP contribution in [0.2, 0.25) is 5.02 Å². The minimum atomic E-state index is 0.403. The molecule has 0 unspecified atom stereocenters. The predicted octanol–water partition coefficient (Wildman–Crippen LogP) is 3.92. The van der Waals surface area contributed by atoms with Crippen LogP contribution in [0.25, 0.3) is 11.0 Å². The maximum Gasteiger partial charge on any atom is 0.148 e. The Morgan fingerprint density at radius 3 is 2.64 bits per heavy atom. The fourth-order valence-electron chi connectivity index (χ4n) is 2.35. The number of nitrogens with zero attached hydrogens (tertiary/aromatic N) is 2. The fraction of sp³-hybridized carbons (Fsp3) is 0.235. The summed E-state index contributed by atoms with van der Waals surface area (Å²) in [5.41, 5.74) is 2.06. The number of hydrogen-bond acceptors (Lipinski definition) is 3. The lowest BCUT2D eigenvalue weighted by atomic mass is 10.3. The summed E-state index contributed by atoms with van der Waals surface area (Å²) in [5.74, 6) is 1.66. The van der Waals surface area contributed by atoms with Crippen LogP contribution in [-0.4, -0.2) is 23.3 Å². The highest BCUT2D eigenvalue weighted by Gasteiger charge is 2.10. The highest BCUT2D eigenvalue weighted by atomic mass is 35.5. The molecule has 0 saturated heterocycles. The molecule has 0 aliphatic carbocycles. The van der Waals surface area contributed by atoms with E-state index in [9.17, 15) is 0 Å². The Morgan fingerprint density at radius 1 is 1.09 bits per heavy atom. The van der Waals surface area contributed by atoms with Gasteiger partial charge in [-0.15, -0.1) is 0 Å². The van der Waals surface area contributed by atoms with Crippen LogP contribution in [0.5, 0.6) is 5.75 Å². The second-order valence-electron chi connectivity index (χ2n) is 4.90. The summed E-state index contributed by atoms with van der Waals surface area (Å²) >= 11 is 5.88. The Hall–Kier alpha value is -2.04. The van der Waals surface area contributed by atoms with E-state index in [4.69, 9.17) is 21.1 Å². The molecule has 3 rings (SSSR count). The summed E-state index contributed by atoms with van der Waals surface area (Å²) in [4.78, 5) is 4.65. The molecule has 0 radical (unpaired) electrons. The van der Waals surface area contributed by atoms with E-state index < -0.39 is 0 Å². The number of fused-ring (bicyclic) bond motifs is 1. The summed E-state index contributed by atoms with van der Waals surface area (Å²) < 4.78 is 13.1. The van der Waals surface area contributed by atoms with Gasteiger partial charge in [0.25, 0.3) is 0 Å². The standard InChI is InChI=1S/C17H17ClN2O2/c1-21-11-10-20-16-5-3-2-4-15(16)19-17(20)12-22-14-8-6-13(18)7-9-14/h2-9H,10-12H2,1H3. The van der Waals surface area contributed by atoms with Gasteiger partial charge in [0.15, 0.2) is 0 Å². The number of ether oxygens (including phenoxy) is 2. The first-order chi connectivity index (χ1) is 10.8. The summed E-state index contributed by atoms with van der Waals surface area (Å²) in [6.45, 7) is 1.78. The number of hydrogen-bond donors (Lipinski definition) is 0. The predicted molar refractivity (Wildman–Crippen MR) is 87.4 cm³/mol. The normalized spacial score (nSPS) is 11.0. The fourth-order valence-corrected chi connectivity index (χ4v) is 2.47. The van der Waals surface area contributed by atoms with E-state index >= 15 is 0 Å². The smallest absolute Gasteiger partial charge is 0.148 e. The second kappa shape index (κ2) is 6.81. The van der Waals surface area contributed by atoms with Crippen LogP contribution in [0.1, 0.15) is 5.82 Å². The number of aromatic nitrogens is 2. The van der Waals surface area contributed by atoms with Crippen LogP contribution < -0.4 is 4.74 Å².